The van der Waals surface area contributed by atoms with Gasteiger partial charge in [0.1, 0.15) is 6.61 Å². The molecule has 0 radical (unpaired) electrons. The Labute approximate surface area is 195 Å². The van der Waals surface area contributed by atoms with Crippen molar-refractivity contribution in [1.29, 1.82) is 0 Å². The smallest absolute Gasteiger partial charge is 0.407 e. The summed E-state index contributed by atoms with van der Waals surface area (Å²) in [5.41, 5.74) is 4.72. The Morgan fingerprint density at radius 3 is 2.03 bits per heavy atom. The molecule has 0 heterocycles. The molecule has 9 heteroatoms. The summed E-state index contributed by atoms with van der Waals surface area (Å²) in [5, 5.41) is 14.0. The largest absolute Gasteiger partial charge is 0.481 e. The number of ether oxygens (including phenoxy) is 1. The van der Waals surface area contributed by atoms with E-state index in [2.05, 4.69) is 34.9 Å². The summed E-state index contributed by atoms with van der Waals surface area (Å²) in [5.74, 6) is 0.534. The third-order valence-electron chi connectivity index (χ3n) is 4.89. The van der Waals surface area contributed by atoms with Crippen LogP contribution in [-0.2, 0) is 14.3 Å². The maximum Gasteiger partial charge on any atom is 0.407 e. The highest BCUT2D eigenvalue weighted by Crippen LogP contribution is 2.44. The number of hydrogen-bond acceptors (Lipinski definition) is 6. The molecule has 7 nitrogen and oxygen atoms in total. The summed E-state index contributed by atoms with van der Waals surface area (Å²) < 4.78 is 5.48. The molecule has 0 unspecified atom stereocenters. The van der Waals surface area contributed by atoms with Gasteiger partial charge in [0.25, 0.3) is 0 Å². The van der Waals surface area contributed by atoms with Gasteiger partial charge in [0.05, 0.1) is 11.5 Å². The van der Waals surface area contributed by atoms with Crippen LogP contribution >= 0.6 is 23.5 Å². The Bertz CT molecular complexity index is 908. The molecule has 2 amide bonds. The average molecular weight is 475 g/mol. The van der Waals surface area contributed by atoms with Crippen molar-refractivity contribution in [2.45, 2.75) is 5.92 Å². The molecular weight excluding hydrogens is 448 g/mol. The van der Waals surface area contributed by atoms with Crippen molar-refractivity contribution in [3.8, 4) is 11.1 Å². The molecule has 1 aliphatic carbocycles. The van der Waals surface area contributed by atoms with Crippen molar-refractivity contribution in [1.82, 2.24) is 10.6 Å². The Kier molecular flexibility index (Phi) is 9.30. The Morgan fingerprint density at radius 1 is 0.844 bits per heavy atom. The van der Waals surface area contributed by atoms with Crippen molar-refractivity contribution in [3.63, 3.8) is 0 Å². The van der Waals surface area contributed by atoms with Gasteiger partial charge in [0.2, 0.25) is 5.91 Å². The van der Waals surface area contributed by atoms with E-state index in [9.17, 15) is 14.4 Å². The molecule has 3 rings (SSSR count). The quantitative estimate of drug-likeness (QED) is 0.406. The first-order chi connectivity index (χ1) is 15.6. The van der Waals surface area contributed by atoms with Gasteiger partial charge in [0.15, 0.2) is 0 Å². The molecule has 0 aromatic heterocycles. The summed E-state index contributed by atoms with van der Waals surface area (Å²) in [4.78, 5) is 34.2. The van der Waals surface area contributed by atoms with Crippen LogP contribution in [0, 0.1) is 0 Å². The van der Waals surface area contributed by atoms with E-state index in [1.54, 1.807) is 0 Å². The van der Waals surface area contributed by atoms with E-state index in [-0.39, 0.29) is 29.9 Å². The third-order valence-corrected chi connectivity index (χ3v) is 6.79. The summed E-state index contributed by atoms with van der Waals surface area (Å²) in [6.07, 6.45) is -0.465. The number of amides is 2. The lowest BCUT2D eigenvalue weighted by Crippen LogP contribution is -2.30. The van der Waals surface area contributed by atoms with Gasteiger partial charge in [-0.25, -0.2) is 4.79 Å². The lowest BCUT2D eigenvalue weighted by Gasteiger charge is -2.14. The zero-order valence-electron chi connectivity index (χ0n) is 17.5. The van der Waals surface area contributed by atoms with Crippen LogP contribution in [0.25, 0.3) is 11.1 Å². The highest BCUT2D eigenvalue weighted by atomic mass is 32.2. The van der Waals surface area contributed by atoms with Gasteiger partial charge < -0.3 is 20.5 Å². The number of benzene rings is 2. The fraction of sp³-hybridized carbons (Fsp3) is 0.348. The second-order valence-corrected chi connectivity index (χ2v) is 9.31. The molecule has 0 spiro atoms. The molecule has 0 aliphatic heterocycles. The molecule has 0 saturated carbocycles. The predicted octanol–water partition coefficient (Wildman–Crippen LogP) is 3.19. The average Bonchev–Trinajstić information content (AvgIpc) is 3.11. The van der Waals surface area contributed by atoms with Crippen LogP contribution in [0.4, 0.5) is 4.79 Å². The van der Waals surface area contributed by atoms with E-state index in [1.165, 1.54) is 45.8 Å². The number of rotatable bonds is 12. The highest BCUT2D eigenvalue weighted by Gasteiger charge is 2.28. The van der Waals surface area contributed by atoms with E-state index < -0.39 is 12.1 Å². The maximum atomic E-state index is 12.1. The monoisotopic (exact) mass is 474 g/mol. The fourth-order valence-electron chi connectivity index (χ4n) is 3.51. The fourth-order valence-corrected chi connectivity index (χ4v) is 4.76. The van der Waals surface area contributed by atoms with Crippen LogP contribution in [0.5, 0.6) is 0 Å². The molecule has 0 fully saturated rings. The molecule has 0 saturated heterocycles. The Balaban J connectivity index is 1.30. The minimum absolute atomic E-state index is 0.0277. The van der Waals surface area contributed by atoms with E-state index in [4.69, 9.17) is 9.84 Å². The number of aliphatic carboxylic acids is 1. The van der Waals surface area contributed by atoms with Gasteiger partial charge in [-0.3, -0.25) is 9.59 Å². The summed E-state index contributed by atoms with van der Waals surface area (Å²) in [7, 11) is 0. The number of carboxylic acids is 1. The Morgan fingerprint density at radius 2 is 1.41 bits per heavy atom. The number of alkyl carbamates (subject to hydrolysis) is 1. The van der Waals surface area contributed by atoms with Gasteiger partial charge >= 0.3 is 12.1 Å². The summed E-state index contributed by atoms with van der Waals surface area (Å²) in [6, 6.07) is 16.4. The van der Waals surface area contributed by atoms with Crippen LogP contribution in [0.3, 0.4) is 0 Å². The Hall–Kier alpha value is -2.65. The van der Waals surface area contributed by atoms with E-state index in [1.807, 2.05) is 24.3 Å². The van der Waals surface area contributed by atoms with Crippen molar-refractivity contribution in [2.75, 3.05) is 42.7 Å². The minimum Gasteiger partial charge on any atom is -0.481 e. The first-order valence-corrected chi connectivity index (χ1v) is 12.6. The molecule has 2 aromatic rings. The van der Waals surface area contributed by atoms with Crippen LogP contribution < -0.4 is 10.6 Å². The molecule has 3 N–H and O–H groups in total. The second kappa shape index (κ2) is 12.4. The first-order valence-electron chi connectivity index (χ1n) is 10.3. The minimum atomic E-state index is -0.860. The molecule has 0 atom stereocenters. The van der Waals surface area contributed by atoms with Crippen molar-refractivity contribution >= 4 is 41.5 Å². The zero-order chi connectivity index (χ0) is 22.8. The van der Waals surface area contributed by atoms with E-state index in [0.717, 1.165) is 0 Å². The zero-order valence-corrected chi connectivity index (χ0v) is 19.2. The first kappa shape index (κ1) is 24.0. The number of nitrogens with one attached hydrogen (secondary N) is 2. The number of fused-ring (bicyclic) bond motifs is 3. The highest BCUT2D eigenvalue weighted by molar-refractivity contribution is 8.00. The van der Waals surface area contributed by atoms with E-state index in [0.29, 0.717) is 24.6 Å². The molecule has 170 valence electrons. The van der Waals surface area contributed by atoms with Gasteiger partial charge in [-0.1, -0.05) is 48.5 Å². The van der Waals surface area contributed by atoms with Crippen LogP contribution in [0.15, 0.2) is 48.5 Å². The molecule has 32 heavy (non-hydrogen) atoms. The summed E-state index contributed by atoms with van der Waals surface area (Å²) in [6.45, 7) is 1.12. The molecule has 1 aliphatic rings. The molecule has 2 aromatic carbocycles. The SMILES string of the molecule is O=C(O)CSCCNC(=O)CSCCNC(=O)OCC1c2ccccc2-c2ccccc21. The van der Waals surface area contributed by atoms with Crippen LogP contribution in [0.1, 0.15) is 17.0 Å². The van der Waals surface area contributed by atoms with Crippen LogP contribution in [0.2, 0.25) is 0 Å². The number of hydrogen-bond donors (Lipinski definition) is 3. The standard InChI is InChI=1S/C23H26N2O5S2/c26-21(24-9-11-32-15-22(27)28)14-31-12-10-25-23(29)30-13-20-18-7-3-1-5-16(18)17-6-2-4-8-19(17)20/h1-8,20H,9-15H2,(H,24,26)(H,25,29)(H,27,28). The van der Waals surface area contributed by atoms with Gasteiger partial charge in [0, 0.05) is 30.5 Å². The normalized spacial score (nSPS) is 12.0. The lowest BCUT2D eigenvalue weighted by molar-refractivity contribution is -0.133. The number of carbonyl (C=O) groups is 3. The predicted molar refractivity (Wildman–Crippen MR) is 128 cm³/mol. The van der Waals surface area contributed by atoms with Gasteiger partial charge in [-0.15, -0.1) is 11.8 Å². The number of thioether (sulfide) groups is 2. The number of carboxylic acid groups (broad SMARTS) is 1. The number of carbonyl (C=O) groups excluding carboxylic acids is 2. The molecular formula is C23H26N2O5S2. The topological polar surface area (TPSA) is 105 Å². The lowest BCUT2D eigenvalue weighted by atomic mass is 9.98. The van der Waals surface area contributed by atoms with Crippen molar-refractivity contribution < 1.29 is 24.2 Å². The second-order valence-electron chi connectivity index (χ2n) is 7.10. The van der Waals surface area contributed by atoms with Gasteiger partial charge in [-0.05, 0) is 22.3 Å². The summed E-state index contributed by atoms with van der Waals surface area (Å²) >= 11 is 2.68. The van der Waals surface area contributed by atoms with Gasteiger partial charge in [-0.2, -0.15) is 11.8 Å². The molecule has 0 bridgehead atoms. The maximum absolute atomic E-state index is 12.1. The third kappa shape index (κ3) is 6.93. The van der Waals surface area contributed by atoms with E-state index >= 15 is 0 Å². The van der Waals surface area contributed by atoms with Crippen molar-refractivity contribution in [3.05, 3.63) is 59.7 Å². The van der Waals surface area contributed by atoms with Crippen molar-refractivity contribution in [2.24, 2.45) is 0 Å². The van der Waals surface area contributed by atoms with Crippen LogP contribution in [-0.4, -0.2) is 65.8 Å².